The standard InChI is InChI=1S/C12H15NO3S/c1-13(12(15)8-16-2)7-11-6-10(9-17-11)4-3-5-14/h6,9,14H,5,7-8H2,1-2H3. The van der Waals surface area contributed by atoms with Crippen LogP contribution in [-0.4, -0.2) is 43.3 Å². The first-order chi connectivity index (χ1) is 8.17. The van der Waals surface area contributed by atoms with Gasteiger partial charge in [-0.05, 0) is 6.07 Å². The van der Waals surface area contributed by atoms with Gasteiger partial charge in [0.2, 0.25) is 5.91 Å². The van der Waals surface area contributed by atoms with E-state index in [9.17, 15) is 4.79 Å². The Morgan fingerprint density at radius 3 is 3.06 bits per heavy atom. The van der Waals surface area contributed by atoms with Crippen molar-refractivity contribution >= 4 is 17.2 Å². The van der Waals surface area contributed by atoms with E-state index in [1.807, 2.05) is 11.4 Å². The van der Waals surface area contributed by atoms with Gasteiger partial charge in [0, 0.05) is 30.0 Å². The van der Waals surface area contributed by atoms with Gasteiger partial charge < -0.3 is 14.7 Å². The summed E-state index contributed by atoms with van der Waals surface area (Å²) in [7, 11) is 3.24. The monoisotopic (exact) mass is 253 g/mol. The van der Waals surface area contributed by atoms with Gasteiger partial charge in [0.1, 0.15) is 13.2 Å². The molecule has 0 aromatic carbocycles. The molecule has 0 unspecified atom stereocenters. The molecule has 1 rings (SSSR count). The Balaban J connectivity index is 2.57. The quantitative estimate of drug-likeness (QED) is 0.804. The molecule has 0 bridgehead atoms. The van der Waals surface area contributed by atoms with Crippen molar-refractivity contribution < 1.29 is 14.6 Å². The van der Waals surface area contributed by atoms with Gasteiger partial charge in [-0.3, -0.25) is 4.79 Å². The molecule has 1 heterocycles. The summed E-state index contributed by atoms with van der Waals surface area (Å²) in [4.78, 5) is 14.1. The molecule has 0 atom stereocenters. The first kappa shape index (κ1) is 13.7. The van der Waals surface area contributed by atoms with Crippen molar-refractivity contribution in [3.63, 3.8) is 0 Å². The fourth-order valence-electron chi connectivity index (χ4n) is 1.23. The molecular weight excluding hydrogens is 238 g/mol. The molecule has 1 aromatic rings. The molecule has 0 fully saturated rings. The lowest BCUT2D eigenvalue weighted by molar-refractivity contribution is -0.134. The van der Waals surface area contributed by atoms with Crippen LogP contribution in [0.3, 0.4) is 0 Å². The summed E-state index contributed by atoms with van der Waals surface area (Å²) in [5.41, 5.74) is 0.867. The van der Waals surface area contributed by atoms with Gasteiger partial charge in [0.25, 0.3) is 0 Å². The van der Waals surface area contributed by atoms with Crippen LogP contribution in [0, 0.1) is 11.8 Å². The minimum atomic E-state index is -0.141. The Bertz CT molecular complexity index is 430. The normalized spacial score (nSPS) is 9.59. The molecule has 0 spiro atoms. The van der Waals surface area contributed by atoms with Crippen molar-refractivity contribution in [2.45, 2.75) is 6.54 Å². The van der Waals surface area contributed by atoms with Gasteiger partial charge in [-0.2, -0.15) is 0 Å². The summed E-state index contributed by atoms with van der Waals surface area (Å²) < 4.78 is 4.78. The molecule has 92 valence electrons. The predicted molar refractivity (Wildman–Crippen MR) is 66.6 cm³/mol. The molecule has 1 aromatic heterocycles. The number of hydrogen-bond acceptors (Lipinski definition) is 4. The number of aliphatic hydroxyl groups excluding tert-OH is 1. The summed E-state index contributed by atoms with van der Waals surface area (Å²) >= 11 is 1.54. The van der Waals surface area contributed by atoms with Crippen LogP contribution in [0.5, 0.6) is 0 Å². The van der Waals surface area contributed by atoms with Crippen LogP contribution >= 0.6 is 11.3 Å². The number of hydrogen-bond donors (Lipinski definition) is 1. The van der Waals surface area contributed by atoms with Crippen molar-refractivity contribution in [2.24, 2.45) is 0 Å². The molecule has 1 amide bonds. The Morgan fingerprint density at radius 2 is 2.41 bits per heavy atom. The van der Waals surface area contributed by atoms with Gasteiger partial charge in [-0.25, -0.2) is 0 Å². The van der Waals surface area contributed by atoms with Gasteiger partial charge in [-0.15, -0.1) is 11.3 Å². The molecular formula is C12H15NO3S. The molecule has 1 N–H and O–H groups in total. The number of rotatable bonds is 4. The summed E-state index contributed by atoms with van der Waals surface area (Å²) in [5, 5.41) is 10.5. The van der Waals surface area contributed by atoms with Crippen LogP contribution in [0.1, 0.15) is 10.4 Å². The van der Waals surface area contributed by atoms with E-state index in [-0.39, 0.29) is 19.1 Å². The van der Waals surface area contributed by atoms with Gasteiger partial charge >= 0.3 is 0 Å². The maximum Gasteiger partial charge on any atom is 0.248 e. The molecule has 5 heteroatoms. The summed E-state index contributed by atoms with van der Waals surface area (Å²) in [6.07, 6.45) is 0. The molecule has 0 aliphatic heterocycles. The van der Waals surface area contributed by atoms with E-state index in [0.717, 1.165) is 10.4 Å². The highest BCUT2D eigenvalue weighted by atomic mass is 32.1. The number of amides is 1. The fraction of sp³-hybridized carbons (Fsp3) is 0.417. The number of ether oxygens (including phenoxy) is 1. The smallest absolute Gasteiger partial charge is 0.248 e. The van der Waals surface area contributed by atoms with E-state index in [4.69, 9.17) is 9.84 Å². The number of nitrogens with zero attached hydrogens (tertiary/aromatic N) is 1. The molecule has 0 radical (unpaired) electrons. The second-order valence-corrected chi connectivity index (χ2v) is 4.44. The minimum Gasteiger partial charge on any atom is -0.384 e. The number of carbonyl (C=O) groups excluding carboxylic acids is 1. The highest BCUT2D eigenvalue weighted by molar-refractivity contribution is 7.10. The molecule has 17 heavy (non-hydrogen) atoms. The number of likely N-dealkylation sites (N-methyl/N-ethyl adjacent to an activating group) is 1. The third-order valence-electron chi connectivity index (χ3n) is 2.05. The van der Waals surface area contributed by atoms with E-state index in [1.165, 1.54) is 7.11 Å². The first-order valence-electron chi connectivity index (χ1n) is 5.07. The van der Waals surface area contributed by atoms with Gasteiger partial charge in [0.05, 0.1) is 6.54 Å². The Kier molecular flexibility index (Phi) is 5.70. The molecule has 0 aliphatic carbocycles. The van der Waals surface area contributed by atoms with Crippen LogP contribution in [0.4, 0.5) is 0 Å². The van der Waals surface area contributed by atoms with Crippen molar-refractivity contribution in [2.75, 3.05) is 27.4 Å². The largest absolute Gasteiger partial charge is 0.384 e. The summed E-state index contributed by atoms with van der Waals surface area (Å²) in [6.45, 7) is 0.504. The third-order valence-corrected chi connectivity index (χ3v) is 2.97. The number of methoxy groups -OCH3 is 1. The topological polar surface area (TPSA) is 49.8 Å². The lowest BCUT2D eigenvalue weighted by atomic mass is 10.3. The SMILES string of the molecule is COCC(=O)N(C)Cc1cc(C#CCO)cs1. The Morgan fingerprint density at radius 1 is 1.65 bits per heavy atom. The fourth-order valence-corrected chi connectivity index (χ4v) is 2.09. The zero-order chi connectivity index (χ0) is 12.7. The summed E-state index contributed by atoms with van der Waals surface area (Å²) in [5.74, 6) is 5.36. The Hall–Kier alpha value is -1.35. The second-order valence-electron chi connectivity index (χ2n) is 3.44. The zero-order valence-corrected chi connectivity index (χ0v) is 10.7. The zero-order valence-electron chi connectivity index (χ0n) is 9.90. The van der Waals surface area contributed by atoms with Crippen LogP contribution in [0.2, 0.25) is 0 Å². The van der Waals surface area contributed by atoms with Crippen molar-refractivity contribution in [3.05, 3.63) is 21.9 Å². The second kappa shape index (κ2) is 7.07. The summed E-state index contributed by atoms with van der Waals surface area (Å²) in [6, 6.07) is 1.92. The van der Waals surface area contributed by atoms with Crippen LogP contribution in [-0.2, 0) is 16.1 Å². The van der Waals surface area contributed by atoms with Crippen LogP contribution in [0.15, 0.2) is 11.4 Å². The minimum absolute atomic E-state index is 0.0520. The average molecular weight is 253 g/mol. The molecule has 0 saturated heterocycles. The Labute approximate surface area is 105 Å². The molecule has 0 aliphatic rings. The van der Waals surface area contributed by atoms with E-state index in [2.05, 4.69) is 11.8 Å². The predicted octanol–water partition coefficient (Wildman–Crippen LogP) is 0.697. The lowest BCUT2D eigenvalue weighted by Gasteiger charge is -2.15. The maximum atomic E-state index is 11.5. The van der Waals surface area contributed by atoms with Crippen LogP contribution in [0.25, 0.3) is 0 Å². The highest BCUT2D eigenvalue weighted by Gasteiger charge is 2.09. The lowest BCUT2D eigenvalue weighted by Crippen LogP contribution is -2.29. The van der Waals surface area contributed by atoms with E-state index in [1.54, 1.807) is 23.3 Å². The third kappa shape index (κ3) is 4.57. The number of aliphatic hydroxyl groups is 1. The molecule has 4 nitrogen and oxygen atoms in total. The van der Waals surface area contributed by atoms with Crippen molar-refractivity contribution in [1.82, 2.24) is 4.90 Å². The van der Waals surface area contributed by atoms with Gasteiger partial charge in [-0.1, -0.05) is 11.8 Å². The maximum absolute atomic E-state index is 11.5. The van der Waals surface area contributed by atoms with Crippen molar-refractivity contribution in [1.29, 1.82) is 0 Å². The van der Waals surface area contributed by atoms with Crippen LogP contribution < -0.4 is 0 Å². The highest BCUT2D eigenvalue weighted by Crippen LogP contribution is 2.15. The first-order valence-corrected chi connectivity index (χ1v) is 5.95. The molecule has 0 saturated carbocycles. The number of thiophene rings is 1. The van der Waals surface area contributed by atoms with E-state index >= 15 is 0 Å². The van der Waals surface area contributed by atoms with Crippen molar-refractivity contribution in [3.8, 4) is 11.8 Å². The number of carbonyl (C=O) groups is 1. The van der Waals surface area contributed by atoms with E-state index in [0.29, 0.717) is 6.54 Å². The van der Waals surface area contributed by atoms with Gasteiger partial charge in [0.15, 0.2) is 0 Å². The van der Waals surface area contributed by atoms with E-state index < -0.39 is 0 Å². The average Bonchev–Trinajstić information content (AvgIpc) is 2.74.